The lowest BCUT2D eigenvalue weighted by Gasteiger charge is -2.13. The maximum atomic E-state index is 11.3. The molecule has 0 aromatic carbocycles. The Morgan fingerprint density at radius 2 is 2.29 bits per heavy atom. The van der Waals surface area contributed by atoms with Crippen LogP contribution in [0, 0.1) is 0 Å². The minimum absolute atomic E-state index is 0.0704. The van der Waals surface area contributed by atoms with Gasteiger partial charge < -0.3 is 14.5 Å². The molecule has 1 saturated heterocycles. The molecule has 0 N–H and O–H groups in total. The highest BCUT2D eigenvalue weighted by atomic mass is 16.5. The number of carbonyl (C=O) groups is 1. The number of likely N-dealkylation sites (N-methyl/N-ethyl adjacent to an activating group) is 1. The van der Waals surface area contributed by atoms with Crippen LogP contribution in [0.3, 0.4) is 0 Å². The number of rotatable bonds is 4. The predicted molar refractivity (Wildman–Crippen MR) is 55.2 cm³/mol. The average Bonchev–Trinajstić information content (AvgIpc) is 2.48. The van der Waals surface area contributed by atoms with E-state index in [2.05, 4.69) is 4.90 Å². The van der Waals surface area contributed by atoms with E-state index in [-0.39, 0.29) is 12.1 Å². The van der Waals surface area contributed by atoms with Gasteiger partial charge >= 0.3 is 5.97 Å². The van der Waals surface area contributed by atoms with Gasteiger partial charge in [0.05, 0.1) is 6.42 Å². The van der Waals surface area contributed by atoms with Gasteiger partial charge in [-0.05, 0) is 27.6 Å². The fraction of sp³-hybridized carbons (Fsp3) is 0.900. The van der Waals surface area contributed by atoms with E-state index in [1.165, 1.54) is 0 Å². The van der Waals surface area contributed by atoms with Gasteiger partial charge in [-0.25, -0.2) is 0 Å². The predicted octanol–water partition coefficient (Wildman–Crippen LogP) is 0.185. The highest BCUT2D eigenvalue weighted by Crippen LogP contribution is 2.10. The van der Waals surface area contributed by atoms with Crippen LogP contribution in [-0.4, -0.2) is 62.7 Å². The summed E-state index contributed by atoms with van der Waals surface area (Å²) in [6.07, 6.45) is 1.59. The summed E-state index contributed by atoms with van der Waals surface area (Å²) in [4.78, 5) is 15.5. The molecule has 1 fully saturated rings. The molecule has 4 nitrogen and oxygen atoms in total. The van der Waals surface area contributed by atoms with E-state index in [4.69, 9.17) is 4.74 Å². The van der Waals surface area contributed by atoms with Gasteiger partial charge in [-0.1, -0.05) is 0 Å². The molecular formula is C10H20N2O2. The first kappa shape index (κ1) is 11.5. The third-order valence-electron chi connectivity index (χ3n) is 2.41. The summed E-state index contributed by atoms with van der Waals surface area (Å²) in [6, 6.07) is 0. The van der Waals surface area contributed by atoms with Gasteiger partial charge in [0.15, 0.2) is 0 Å². The van der Waals surface area contributed by atoms with Crippen LogP contribution < -0.4 is 0 Å². The fourth-order valence-electron chi connectivity index (χ4n) is 1.55. The Balaban J connectivity index is 2.14. The average molecular weight is 200 g/mol. The Hall–Kier alpha value is -0.610. The number of nitrogens with zero attached hydrogens (tertiary/aromatic N) is 2. The van der Waals surface area contributed by atoms with Crippen molar-refractivity contribution in [3.63, 3.8) is 0 Å². The molecular weight excluding hydrogens is 180 g/mol. The highest BCUT2D eigenvalue weighted by Gasteiger charge is 2.22. The molecule has 82 valence electrons. The van der Waals surface area contributed by atoms with E-state index >= 15 is 0 Å². The van der Waals surface area contributed by atoms with Crippen molar-refractivity contribution in [1.29, 1.82) is 0 Å². The zero-order valence-electron chi connectivity index (χ0n) is 9.32. The van der Waals surface area contributed by atoms with Gasteiger partial charge in [-0.3, -0.25) is 4.79 Å². The maximum Gasteiger partial charge on any atom is 0.307 e. The van der Waals surface area contributed by atoms with E-state index in [1.807, 2.05) is 26.0 Å². The second-order valence-electron chi connectivity index (χ2n) is 4.22. The van der Waals surface area contributed by atoms with Gasteiger partial charge in [-0.15, -0.1) is 0 Å². The Morgan fingerprint density at radius 3 is 2.79 bits per heavy atom. The quantitative estimate of drug-likeness (QED) is 0.606. The Labute approximate surface area is 85.8 Å². The van der Waals surface area contributed by atoms with Crippen LogP contribution in [0.25, 0.3) is 0 Å². The topological polar surface area (TPSA) is 32.8 Å². The third-order valence-corrected chi connectivity index (χ3v) is 2.41. The fourth-order valence-corrected chi connectivity index (χ4v) is 1.55. The normalized spacial score (nSPS) is 23.0. The minimum Gasteiger partial charge on any atom is -0.461 e. The summed E-state index contributed by atoms with van der Waals surface area (Å²) in [5.41, 5.74) is 0. The molecule has 0 amide bonds. The van der Waals surface area contributed by atoms with E-state index in [1.54, 1.807) is 0 Å². The molecule has 1 heterocycles. The van der Waals surface area contributed by atoms with Gasteiger partial charge in [-0.2, -0.15) is 0 Å². The van der Waals surface area contributed by atoms with Crippen LogP contribution >= 0.6 is 0 Å². The van der Waals surface area contributed by atoms with E-state index < -0.39 is 0 Å². The van der Waals surface area contributed by atoms with Crippen molar-refractivity contribution < 1.29 is 9.53 Å². The van der Waals surface area contributed by atoms with Crippen molar-refractivity contribution in [2.45, 2.75) is 18.9 Å². The zero-order chi connectivity index (χ0) is 10.6. The summed E-state index contributed by atoms with van der Waals surface area (Å²) in [5.74, 6) is -0.0704. The van der Waals surface area contributed by atoms with Gasteiger partial charge in [0.1, 0.15) is 6.10 Å². The van der Waals surface area contributed by atoms with Crippen molar-refractivity contribution in [3.8, 4) is 0 Å². The second-order valence-corrected chi connectivity index (χ2v) is 4.22. The molecule has 1 aliphatic rings. The first-order chi connectivity index (χ1) is 6.58. The largest absolute Gasteiger partial charge is 0.461 e. The molecule has 14 heavy (non-hydrogen) atoms. The lowest BCUT2D eigenvalue weighted by molar-refractivity contribution is -0.148. The molecule has 1 aliphatic heterocycles. The molecule has 0 spiro atoms. The van der Waals surface area contributed by atoms with Crippen molar-refractivity contribution in [1.82, 2.24) is 9.80 Å². The molecule has 0 radical (unpaired) electrons. The minimum atomic E-state index is -0.0704. The summed E-state index contributed by atoms with van der Waals surface area (Å²) in [6.45, 7) is 2.68. The van der Waals surface area contributed by atoms with E-state index in [0.717, 1.165) is 26.1 Å². The summed E-state index contributed by atoms with van der Waals surface area (Å²) in [7, 11) is 5.96. The number of esters is 1. The Morgan fingerprint density at radius 1 is 1.57 bits per heavy atom. The molecule has 0 aromatic rings. The Bertz CT molecular complexity index is 195. The number of ether oxygens (including phenoxy) is 1. The molecule has 4 heteroatoms. The first-order valence-electron chi connectivity index (χ1n) is 5.10. The Kier molecular flexibility index (Phi) is 4.35. The van der Waals surface area contributed by atoms with E-state index in [0.29, 0.717) is 6.42 Å². The lowest BCUT2D eigenvalue weighted by atomic mass is 10.3. The standard InChI is InChI=1S/C10H20N2O2/c1-11(2)6-5-10(13)14-9-4-7-12(3)8-9/h9H,4-8H2,1-3H3. The molecule has 0 aromatic heterocycles. The smallest absolute Gasteiger partial charge is 0.307 e. The number of carbonyl (C=O) groups excluding carboxylic acids is 1. The lowest BCUT2D eigenvalue weighted by Crippen LogP contribution is -2.24. The first-order valence-corrected chi connectivity index (χ1v) is 5.10. The highest BCUT2D eigenvalue weighted by molar-refractivity contribution is 5.69. The van der Waals surface area contributed by atoms with Gasteiger partial charge in [0, 0.05) is 19.6 Å². The molecule has 1 rings (SSSR count). The molecule has 1 atom stereocenters. The van der Waals surface area contributed by atoms with Crippen LogP contribution in [0.4, 0.5) is 0 Å². The van der Waals surface area contributed by atoms with Crippen molar-refractivity contribution in [2.75, 3.05) is 40.8 Å². The third kappa shape index (κ3) is 4.07. The number of hydrogen-bond acceptors (Lipinski definition) is 4. The van der Waals surface area contributed by atoms with Crippen LogP contribution in [0.5, 0.6) is 0 Å². The van der Waals surface area contributed by atoms with Crippen LogP contribution in [0.2, 0.25) is 0 Å². The van der Waals surface area contributed by atoms with Crippen molar-refractivity contribution in [2.24, 2.45) is 0 Å². The van der Waals surface area contributed by atoms with E-state index in [9.17, 15) is 4.79 Å². The van der Waals surface area contributed by atoms with Gasteiger partial charge in [0.2, 0.25) is 0 Å². The zero-order valence-corrected chi connectivity index (χ0v) is 9.32. The molecule has 0 saturated carbocycles. The van der Waals surface area contributed by atoms with Gasteiger partial charge in [0.25, 0.3) is 0 Å². The molecule has 1 unspecified atom stereocenters. The molecule has 0 aliphatic carbocycles. The maximum absolute atomic E-state index is 11.3. The summed E-state index contributed by atoms with van der Waals surface area (Å²) in [5, 5.41) is 0. The number of hydrogen-bond donors (Lipinski definition) is 0. The van der Waals surface area contributed by atoms with Crippen LogP contribution in [-0.2, 0) is 9.53 Å². The van der Waals surface area contributed by atoms with Crippen LogP contribution in [0.1, 0.15) is 12.8 Å². The number of likely N-dealkylation sites (tertiary alicyclic amines) is 1. The van der Waals surface area contributed by atoms with Crippen LogP contribution in [0.15, 0.2) is 0 Å². The van der Waals surface area contributed by atoms with Crippen molar-refractivity contribution >= 4 is 5.97 Å². The summed E-state index contributed by atoms with van der Waals surface area (Å²) >= 11 is 0. The second kappa shape index (κ2) is 5.32. The summed E-state index contributed by atoms with van der Waals surface area (Å²) < 4.78 is 5.32. The SMILES string of the molecule is CN(C)CCC(=O)OC1CCN(C)C1. The van der Waals surface area contributed by atoms with Crippen molar-refractivity contribution in [3.05, 3.63) is 0 Å². The molecule has 0 bridgehead atoms. The monoisotopic (exact) mass is 200 g/mol.